The van der Waals surface area contributed by atoms with Gasteiger partial charge in [0, 0.05) is 10.9 Å². The van der Waals surface area contributed by atoms with Gasteiger partial charge in [0.15, 0.2) is 0 Å². The van der Waals surface area contributed by atoms with E-state index in [1.165, 1.54) is 4.70 Å². The molecule has 1 aromatic heterocycles. The van der Waals surface area contributed by atoms with Crippen LogP contribution < -0.4 is 0 Å². The number of hydrogen-bond acceptors (Lipinski definition) is 3. The van der Waals surface area contributed by atoms with Crippen molar-refractivity contribution in [1.82, 2.24) is 4.98 Å². The van der Waals surface area contributed by atoms with Crippen LogP contribution in [0.25, 0.3) is 10.2 Å². The normalized spacial score (nSPS) is 12.7. The molecule has 0 aliphatic heterocycles. The molecule has 2 nitrogen and oxygen atoms in total. The molecule has 3 aromatic rings. The van der Waals surface area contributed by atoms with Gasteiger partial charge >= 0.3 is 0 Å². The standard InChI is InChI=1S/C16H14BrNOS/c17-12-5-3-4-11(8-12)9-13(19)10-16-18-14-6-1-2-7-15(14)20-16/h1-8,13,19H,9-10H2. The van der Waals surface area contributed by atoms with Crippen molar-refractivity contribution in [2.45, 2.75) is 18.9 Å². The molecular formula is C16H14BrNOS. The van der Waals surface area contributed by atoms with Crippen molar-refractivity contribution in [3.63, 3.8) is 0 Å². The monoisotopic (exact) mass is 347 g/mol. The van der Waals surface area contributed by atoms with Crippen molar-refractivity contribution in [3.05, 3.63) is 63.6 Å². The molecule has 1 heterocycles. The lowest BCUT2D eigenvalue weighted by Crippen LogP contribution is -2.13. The maximum atomic E-state index is 10.2. The Morgan fingerprint density at radius 2 is 1.95 bits per heavy atom. The number of aliphatic hydroxyl groups excluding tert-OH is 1. The molecule has 20 heavy (non-hydrogen) atoms. The van der Waals surface area contributed by atoms with Crippen LogP contribution in [0.4, 0.5) is 0 Å². The minimum atomic E-state index is -0.398. The largest absolute Gasteiger partial charge is 0.392 e. The Morgan fingerprint density at radius 3 is 2.75 bits per heavy atom. The van der Waals surface area contributed by atoms with Crippen molar-refractivity contribution in [1.29, 1.82) is 0 Å². The summed E-state index contributed by atoms with van der Waals surface area (Å²) in [4.78, 5) is 4.56. The molecule has 0 fully saturated rings. The molecule has 0 saturated heterocycles. The van der Waals surface area contributed by atoms with Crippen LogP contribution in [0.1, 0.15) is 10.6 Å². The summed E-state index contributed by atoms with van der Waals surface area (Å²) in [6.45, 7) is 0. The van der Waals surface area contributed by atoms with Crippen LogP contribution in [0.3, 0.4) is 0 Å². The van der Waals surface area contributed by atoms with E-state index < -0.39 is 6.10 Å². The summed E-state index contributed by atoms with van der Waals surface area (Å²) >= 11 is 5.11. The first-order valence-electron chi connectivity index (χ1n) is 6.47. The molecule has 0 radical (unpaired) electrons. The quantitative estimate of drug-likeness (QED) is 0.766. The van der Waals surface area contributed by atoms with E-state index in [0.29, 0.717) is 12.8 Å². The zero-order valence-electron chi connectivity index (χ0n) is 10.8. The first-order chi connectivity index (χ1) is 9.70. The summed E-state index contributed by atoms with van der Waals surface area (Å²) in [5.74, 6) is 0. The molecular weight excluding hydrogens is 334 g/mol. The second kappa shape index (κ2) is 6.04. The Morgan fingerprint density at radius 1 is 1.10 bits per heavy atom. The van der Waals surface area contributed by atoms with E-state index in [1.807, 2.05) is 42.5 Å². The number of fused-ring (bicyclic) bond motifs is 1. The van der Waals surface area contributed by atoms with Crippen LogP contribution in [0.5, 0.6) is 0 Å². The summed E-state index contributed by atoms with van der Waals surface area (Å²) in [5.41, 5.74) is 2.15. The fraction of sp³-hybridized carbons (Fsp3) is 0.188. The maximum Gasteiger partial charge on any atom is 0.0964 e. The highest BCUT2D eigenvalue weighted by molar-refractivity contribution is 9.10. The lowest BCUT2D eigenvalue weighted by atomic mass is 10.1. The molecule has 1 atom stereocenters. The van der Waals surface area contributed by atoms with Crippen molar-refractivity contribution in [3.8, 4) is 0 Å². The van der Waals surface area contributed by atoms with Crippen LogP contribution in [0.15, 0.2) is 53.0 Å². The Labute approximate surface area is 130 Å². The molecule has 0 aliphatic carbocycles. The highest BCUT2D eigenvalue weighted by Crippen LogP contribution is 2.23. The molecule has 4 heteroatoms. The summed E-state index contributed by atoms with van der Waals surface area (Å²) in [7, 11) is 0. The molecule has 0 amide bonds. The number of thiazole rings is 1. The first kappa shape index (κ1) is 13.7. The number of hydrogen-bond donors (Lipinski definition) is 1. The molecule has 0 saturated carbocycles. The van der Waals surface area contributed by atoms with E-state index in [0.717, 1.165) is 20.6 Å². The number of rotatable bonds is 4. The van der Waals surface area contributed by atoms with Gasteiger partial charge in [-0.1, -0.05) is 40.2 Å². The summed E-state index contributed by atoms with van der Waals surface area (Å²) < 4.78 is 2.22. The molecule has 0 bridgehead atoms. The third kappa shape index (κ3) is 3.26. The first-order valence-corrected chi connectivity index (χ1v) is 8.08. The highest BCUT2D eigenvalue weighted by Gasteiger charge is 2.11. The predicted octanol–water partition coefficient (Wildman–Crippen LogP) is 4.20. The number of aromatic nitrogens is 1. The van der Waals surface area contributed by atoms with Crippen LogP contribution in [0, 0.1) is 0 Å². The van der Waals surface area contributed by atoms with Crippen LogP contribution in [-0.4, -0.2) is 16.2 Å². The van der Waals surface area contributed by atoms with E-state index in [4.69, 9.17) is 0 Å². The van der Waals surface area contributed by atoms with E-state index in [1.54, 1.807) is 11.3 Å². The molecule has 0 spiro atoms. The van der Waals surface area contributed by atoms with Crippen LogP contribution in [0.2, 0.25) is 0 Å². The minimum absolute atomic E-state index is 0.398. The van der Waals surface area contributed by atoms with Gasteiger partial charge < -0.3 is 5.11 Å². The zero-order chi connectivity index (χ0) is 13.9. The molecule has 2 aromatic carbocycles. The van der Waals surface area contributed by atoms with Gasteiger partial charge in [-0.2, -0.15) is 0 Å². The van der Waals surface area contributed by atoms with Crippen LogP contribution in [-0.2, 0) is 12.8 Å². The number of benzene rings is 2. The van der Waals surface area contributed by atoms with Gasteiger partial charge in [-0.25, -0.2) is 4.98 Å². The van der Waals surface area contributed by atoms with Gasteiger partial charge in [0.1, 0.15) is 0 Å². The minimum Gasteiger partial charge on any atom is -0.392 e. The molecule has 102 valence electrons. The van der Waals surface area contributed by atoms with Crippen molar-refractivity contribution in [2.75, 3.05) is 0 Å². The van der Waals surface area contributed by atoms with E-state index in [-0.39, 0.29) is 0 Å². The summed E-state index contributed by atoms with van der Waals surface area (Å²) in [6.07, 6.45) is 0.853. The van der Waals surface area contributed by atoms with Crippen molar-refractivity contribution in [2.24, 2.45) is 0 Å². The van der Waals surface area contributed by atoms with Gasteiger partial charge in [0.25, 0.3) is 0 Å². The Bertz CT molecular complexity index is 692. The Hall–Kier alpha value is -1.23. The smallest absolute Gasteiger partial charge is 0.0964 e. The van der Waals surface area contributed by atoms with Gasteiger partial charge in [0.05, 0.1) is 21.3 Å². The Kier molecular flexibility index (Phi) is 4.15. The topological polar surface area (TPSA) is 33.1 Å². The second-order valence-corrected chi connectivity index (χ2v) is 6.80. The maximum absolute atomic E-state index is 10.2. The van der Waals surface area contributed by atoms with E-state index in [2.05, 4.69) is 27.0 Å². The fourth-order valence-corrected chi connectivity index (χ4v) is 3.70. The fourth-order valence-electron chi connectivity index (χ4n) is 2.22. The van der Waals surface area contributed by atoms with E-state index >= 15 is 0 Å². The van der Waals surface area contributed by atoms with E-state index in [9.17, 15) is 5.11 Å². The third-order valence-corrected chi connectivity index (χ3v) is 4.66. The SMILES string of the molecule is OC(Cc1cccc(Br)c1)Cc1nc2ccccc2s1. The number of halogens is 1. The molecule has 1 N–H and O–H groups in total. The van der Waals surface area contributed by atoms with Gasteiger partial charge in [0.2, 0.25) is 0 Å². The molecule has 0 aliphatic rings. The second-order valence-electron chi connectivity index (χ2n) is 4.77. The van der Waals surface area contributed by atoms with Crippen molar-refractivity contribution >= 4 is 37.5 Å². The summed E-state index contributed by atoms with van der Waals surface area (Å²) in [5, 5.41) is 11.2. The van der Waals surface area contributed by atoms with Gasteiger partial charge in [-0.05, 0) is 36.2 Å². The lowest BCUT2D eigenvalue weighted by Gasteiger charge is -2.08. The Balaban J connectivity index is 1.70. The van der Waals surface area contributed by atoms with Gasteiger partial charge in [-0.3, -0.25) is 0 Å². The number of aliphatic hydroxyl groups is 1. The highest BCUT2D eigenvalue weighted by atomic mass is 79.9. The average Bonchev–Trinajstić information content (AvgIpc) is 2.80. The molecule has 3 rings (SSSR count). The zero-order valence-corrected chi connectivity index (χ0v) is 13.2. The number of nitrogens with zero attached hydrogens (tertiary/aromatic N) is 1. The lowest BCUT2D eigenvalue weighted by molar-refractivity contribution is 0.175. The predicted molar refractivity (Wildman–Crippen MR) is 87.2 cm³/mol. The van der Waals surface area contributed by atoms with Crippen molar-refractivity contribution < 1.29 is 5.11 Å². The number of para-hydroxylation sites is 1. The third-order valence-electron chi connectivity index (χ3n) is 3.11. The van der Waals surface area contributed by atoms with Gasteiger partial charge in [-0.15, -0.1) is 11.3 Å². The average molecular weight is 348 g/mol. The van der Waals surface area contributed by atoms with Crippen LogP contribution >= 0.6 is 27.3 Å². The summed E-state index contributed by atoms with van der Waals surface area (Å²) in [6, 6.07) is 16.1. The molecule has 1 unspecified atom stereocenters.